The monoisotopic (exact) mass is 325 g/mol. The van der Waals surface area contributed by atoms with Crippen molar-refractivity contribution in [3.8, 4) is 0 Å². The second-order valence-corrected chi connectivity index (χ2v) is 5.69. The van der Waals surface area contributed by atoms with E-state index in [2.05, 4.69) is 30.8 Å². The zero-order valence-electron chi connectivity index (χ0n) is 10.2. The molecule has 4 nitrogen and oxygen atoms in total. The third-order valence-electron chi connectivity index (χ3n) is 2.53. The van der Waals surface area contributed by atoms with Crippen molar-refractivity contribution >= 4 is 39.1 Å². The van der Waals surface area contributed by atoms with Crippen LogP contribution >= 0.6 is 27.5 Å². The Balaban J connectivity index is 2.31. The van der Waals surface area contributed by atoms with Crippen LogP contribution < -0.4 is 5.32 Å². The van der Waals surface area contributed by atoms with Gasteiger partial charge in [0.15, 0.2) is 0 Å². The number of nitrogens with zero attached hydrogens (tertiary/aromatic N) is 2. The highest BCUT2D eigenvalue weighted by Gasteiger charge is 2.15. The zero-order chi connectivity index (χ0) is 13.3. The van der Waals surface area contributed by atoms with Gasteiger partial charge in [-0.2, -0.15) is 0 Å². The Kier molecular flexibility index (Phi) is 3.77. The lowest BCUT2D eigenvalue weighted by atomic mass is 10.1. The lowest BCUT2D eigenvalue weighted by molar-refractivity contribution is 0.102. The number of anilines is 1. The number of benzene rings is 1. The van der Waals surface area contributed by atoms with E-state index in [0.29, 0.717) is 10.6 Å². The van der Waals surface area contributed by atoms with Crippen LogP contribution in [0.5, 0.6) is 0 Å². The molecule has 1 heterocycles. The summed E-state index contributed by atoms with van der Waals surface area (Å²) in [7, 11) is 0. The number of hydrogen-bond acceptors (Lipinski definition) is 4. The molecule has 18 heavy (non-hydrogen) atoms. The molecule has 1 aromatic heterocycles. The minimum absolute atomic E-state index is 0.171. The third-order valence-corrected chi connectivity index (χ3v) is 3.98. The van der Waals surface area contributed by atoms with E-state index >= 15 is 0 Å². The van der Waals surface area contributed by atoms with E-state index in [1.807, 2.05) is 26.0 Å². The van der Waals surface area contributed by atoms with Crippen molar-refractivity contribution in [2.45, 2.75) is 20.8 Å². The number of halogens is 1. The van der Waals surface area contributed by atoms with Gasteiger partial charge in [0, 0.05) is 4.47 Å². The van der Waals surface area contributed by atoms with Crippen LogP contribution in [0.4, 0.5) is 5.69 Å². The molecule has 0 aliphatic heterocycles. The first-order chi connectivity index (χ1) is 8.49. The van der Waals surface area contributed by atoms with Crippen molar-refractivity contribution in [1.82, 2.24) is 9.59 Å². The molecule has 1 amide bonds. The van der Waals surface area contributed by atoms with Crippen molar-refractivity contribution in [3.63, 3.8) is 0 Å². The molecular formula is C12H12BrN3OS. The van der Waals surface area contributed by atoms with Gasteiger partial charge in [-0.05, 0) is 65.4 Å². The molecule has 0 fully saturated rings. The maximum atomic E-state index is 12.1. The molecule has 2 aromatic rings. The normalized spacial score (nSPS) is 10.4. The van der Waals surface area contributed by atoms with Crippen LogP contribution in [0.3, 0.4) is 0 Å². The van der Waals surface area contributed by atoms with Crippen LogP contribution in [0.25, 0.3) is 0 Å². The molecule has 0 bridgehead atoms. The quantitative estimate of drug-likeness (QED) is 0.919. The summed E-state index contributed by atoms with van der Waals surface area (Å²) in [6.45, 7) is 5.75. The van der Waals surface area contributed by atoms with E-state index in [1.165, 1.54) is 0 Å². The van der Waals surface area contributed by atoms with Gasteiger partial charge in [-0.1, -0.05) is 10.6 Å². The van der Waals surface area contributed by atoms with Gasteiger partial charge >= 0.3 is 0 Å². The first-order valence-corrected chi connectivity index (χ1v) is 6.92. The number of carbonyl (C=O) groups is 1. The van der Waals surface area contributed by atoms with Gasteiger partial charge in [0.05, 0.1) is 11.4 Å². The molecule has 0 aliphatic carbocycles. The molecule has 1 aromatic carbocycles. The van der Waals surface area contributed by atoms with Crippen molar-refractivity contribution in [2.24, 2.45) is 0 Å². The Bertz CT molecular complexity index is 586. The predicted molar refractivity (Wildman–Crippen MR) is 76.2 cm³/mol. The summed E-state index contributed by atoms with van der Waals surface area (Å²) in [5.41, 5.74) is 3.61. The number of amides is 1. The average molecular weight is 326 g/mol. The van der Waals surface area contributed by atoms with Crippen molar-refractivity contribution in [1.29, 1.82) is 0 Å². The molecule has 0 atom stereocenters. The van der Waals surface area contributed by atoms with Crippen LogP contribution in [0, 0.1) is 20.8 Å². The van der Waals surface area contributed by atoms with E-state index < -0.39 is 0 Å². The number of carbonyl (C=O) groups excluding carboxylic acids is 1. The predicted octanol–water partition coefficient (Wildman–Crippen LogP) is 3.48. The number of hydrogen-bond donors (Lipinski definition) is 1. The van der Waals surface area contributed by atoms with Crippen LogP contribution in [-0.2, 0) is 0 Å². The van der Waals surface area contributed by atoms with Gasteiger partial charge < -0.3 is 5.32 Å². The lowest BCUT2D eigenvalue weighted by Crippen LogP contribution is -2.13. The number of aryl methyl sites for hydroxylation is 3. The molecule has 0 aliphatic rings. The van der Waals surface area contributed by atoms with E-state index in [4.69, 9.17) is 0 Å². The molecule has 1 N–H and O–H groups in total. The summed E-state index contributed by atoms with van der Waals surface area (Å²) in [4.78, 5) is 12.6. The SMILES string of the molecule is Cc1cc(C)c(NC(=O)c2snnc2C)c(Br)c1. The van der Waals surface area contributed by atoms with Gasteiger partial charge in [0.25, 0.3) is 5.91 Å². The Morgan fingerprint density at radius 1 is 1.33 bits per heavy atom. The molecule has 0 spiro atoms. The van der Waals surface area contributed by atoms with Gasteiger partial charge in [0.2, 0.25) is 0 Å². The molecular weight excluding hydrogens is 314 g/mol. The maximum Gasteiger partial charge on any atom is 0.269 e. The minimum atomic E-state index is -0.171. The first kappa shape index (κ1) is 13.2. The highest BCUT2D eigenvalue weighted by atomic mass is 79.9. The van der Waals surface area contributed by atoms with Crippen molar-refractivity contribution in [3.05, 3.63) is 38.3 Å². The Morgan fingerprint density at radius 2 is 2.06 bits per heavy atom. The maximum absolute atomic E-state index is 12.1. The van der Waals surface area contributed by atoms with Gasteiger partial charge in [0.1, 0.15) is 4.88 Å². The van der Waals surface area contributed by atoms with Crippen molar-refractivity contribution < 1.29 is 4.79 Å². The molecule has 94 valence electrons. The van der Waals surface area contributed by atoms with Gasteiger partial charge in [-0.15, -0.1) is 5.10 Å². The third kappa shape index (κ3) is 2.59. The highest BCUT2D eigenvalue weighted by molar-refractivity contribution is 9.10. The Hall–Kier alpha value is -1.27. The molecule has 0 unspecified atom stereocenters. The summed E-state index contributed by atoms with van der Waals surface area (Å²) >= 11 is 4.57. The fraction of sp³-hybridized carbons (Fsp3) is 0.250. The van der Waals surface area contributed by atoms with Crippen molar-refractivity contribution in [2.75, 3.05) is 5.32 Å². The summed E-state index contributed by atoms with van der Waals surface area (Å²) in [6, 6.07) is 4.00. The largest absolute Gasteiger partial charge is 0.320 e. The van der Waals surface area contributed by atoms with Crippen LogP contribution in [0.2, 0.25) is 0 Å². The second kappa shape index (κ2) is 5.16. The van der Waals surface area contributed by atoms with E-state index in [1.54, 1.807) is 6.92 Å². The van der Waals surface area contributed by atoms with Crippen LogP contribution in [-0.4, -0.2) is 15.5 Å². The summed E-state index contributed by atoms with van der Waals surface area (Å²) in [5.74, 6) is -0.171. The molecule has 2 rings (SSSR count). The van der Waals surface area contributed by atoms with Crippen LogP contribution in [0.15, 0.2) is 16.6 Å². The summed E-state index contributed by atoms with van der Waals surface area (Å²) in [6.07, 6.45) is 0. The van der Waals surface area contributed by atoms with Gasteiger partial charge in [-0.3, -0.25) is 4.79 Å². The molecule has 0 radical (unpaired) electrons. The smallest absolute Gasteiger partial charge is 0.269 e. The van der Waals surface area contributed by atoms with E-state index in [-0.39, 0.29) is 5.91 Å². The number of aromatic nitrogens is 2. The Labute approximate surface area is 118 Å². The standard InChI is InChI=1S/C12H12BrN3OS/c1-6-4-7(2)10(9(13)5-6)14-12(17)11-8(3)15-16-18-11/h4-5H,1-3H3,(H,14,17). The molecule has 0 saturated heterocycles. The average Bonchev–Trinajstić information content (AvgIpc) is 2.69. The zero-order valence-corrected chi connectivity index (χ0v) is 12.6. The van der Waals surface area contributed by atoms with Crippen LogP contribution in [0.1, 0.15) is 26.5 Å². The van der Waals surface area contributed by atoms with E-state index in [0.717, 1.165) is 32.8 Å². The first-order valence-electron chi connectivity index (χ1n) is 5.36. The Morgan fingerprint density at radius 3 is 2.61 bits per heavy atom. The molecule has 0 saturated carbocycles. The van der Waals surface area contributed by atoms with E-state index in [9.17, 15) is 4.79 Å². The minimum Gasteiger partial charge on any atom is -0.320 e. The summed E-state index contributed by atoms with van der Waals surface area (Å²) in [5, 5.41) is 6.73. The highest BCUT2D eigenvalue weighted by Crippen LogP contribution is 2.28. The fourth-order valence-corrected chi connectivity index (χ4v) is 3.01. The summed E-state index contributed by atoms with van der Waals surface area (Å²) < 4.78 is 4.64. The fourth-order valence-electron chi connectivity index (χ4n) is 1.68. The lowest BCUT2D eigenvalue weighted by Gasteiger charge is -2.11. The second-order valence-electron chi connectivity index (χ2n) is 4.08. The number of nitrogens with one attached hydrogen (secondary N) is 1. The van der Waals surface area contributed by atoms with Gasteiger partial charge in [-0.25, -0.2) is 0 Å². The number of rotatable bonds is 2. The topological polar surface area (TPSA) is 54.9 Å². The molecule has 6 heteroatoms.